The standard InChI is InChI=1S/C10H13NO3/c1-3-9(12)14-8-6-4-5-7(11)10(8)13-2/h4-6H,3,11H2,1-2H3. The minimum absolute atomic E-state index is 0.311. The van der Waals surface area contributed by atoms with Crippen LogP contribution < -0.4 is 15.2 Å². The van der Waals surface area contributed by atoms with E-state index in [1.807, 2.05) is 0 Å². The SMILES string of the molecule is CCC(=O)Oc1cccc(N)c1OC. The fourth-order valence-corrected chi connectivity index (χ4v) is 1.03. The molecule has 0 amide bonds. The molecule has 0 aliphatic rings. The van der Waals surface area contributed by atoms with E-state index in [-0.39, 0.29) is 5.97 Å². The first-order chi connectivity index (χ1) is 6.69. The number of anilines is 1. The van der Waals surface area contributed by atoms with Gasteiger partial charge in [-0.25, -0.2) is 0 Å². The lowest BCUT2D eigenvalue weighted by molar-refractivity contribution is -0.134. The minimum Gasteiger partial charge on any atom is -0.491 e. The molecule has 0 unspecified atom stereocenters. The Kier molecular flexibility index (Phi) is 3.34. The molecule has 1 aromatic rings. The number of hydrogen-bond donors (Lipinski definition) is 1. The number of ether oxygens (including phenoxy) is 2. The molecular weight excluding hydrogens is 182 g/mol. The van der Waals surface area contributed by atoms with Crippen molar-refractivity contribution in [1.29, 1.82) is 0 Å². The molecular formula is C10H13NO3. The van der Waals surface area contributed by atoms with Gasteiger partial charge in [0.25, 0.3) is 0 Å². The first-order valence-corrected chi connectivity index (χ1v) is 4.32. The molecule has 0 saturated carbocycles. The first-order valence-electron chi connectivity index (χ1n) is 4.32. The number of hydrogen-bond acceptors (Lipinski definition) is 4. The number of nitrogens with two attached hydrogens (primary N) is 1. The van der Waals surface area contributed by atoms with E-state index in [1.54, 1.807) is 25.1 Å². The third-order valence-electron chi connectivity index (χ3n) is 1.73. The van der Waals surface area contributed by atoms with Crippen molar-refractivity contribution >= 4 is 11.7 Å². The molecule has 4 nitrogen and oxygen atoms in total. The highest BCUT2D eigenvalue weighted by molar-refractivity contribution is 5.74. The van der Waals surface area contributed by atoms with Gasteiger partial charge in [-0.2, -0.15) is 0 Å². The van der Waals surface area contributed by atoms with Crippen molar-refractivity contribution in [3.63, 3.8) is 0 Å². The molecule has 0 aromatic heterocycles. The normalized spacial score (nSPS) is 9.57. The summed E-state index contributed by atoms with van der Waals surface area (Å²) >= 11 is 0. The molecule has 0 spiro atoms. The predicted molar refractivity (Wildman–Crippen MR) is 53.3 cm³/mol. The van der Waals surface area contributed by atoms with Crippen LogP contribution in [0.15, 0.2) is 18.2 Å². The van der Waals surface area contributed by atoms with Crippen molar-refractivity contribution < 1.29 is 14.3 Å². The molecule has 14 heavy (non-hydrogen) atoms. The predicted octanol–water partition coefficient (Wildman–Crippen LogP) is 1.59. The van der Waals surface area contributed by atoms with Crippen molar-refractivity contribution in [2.24, 2.45) is 0 Å². The maximum atomic E-state index is 11.0. The summed E-state index contributed by atoms with van der Waals surface area (Å²) in [6.45, 7) is 1.72. The van der Waals surface area contributed by atoms with E-state index in [4.69, 9.17) is 15.2 Å². The zero-order valence-corrected chi connectivity index (χ0v) is 8.24. The number of para-hydroxylation sites is 1. The fraction of sp³-hybridized carbons (Fsp3) is 0.300. The van der Waals surface area contributed by atoms with Gasteiger partial charge in [0.2, 0.25) is 0 Å². The summed E-state index contributed by atoms with van der Waals surface area (Å²) in [6, 6.07) is 5.03. The quantitative estimate of drug-likeness (QED) is 0.452. The van der Waals surface area contributed by atoms with E-state index in [0.717, 1.165) is 0 Å². The zero-order valence-electron chi connectivity index (χ0n) is 8.24. The third kappa shape index (κ3) is 2.16. The van der Waals surface area contributed by atoms with Crippen molar-refractivity contribution in [2.75, 3.05) is 12.8 Å². The van der Waals surface area contributed by atoms with Gasteiger partial charge in [0, 0.05) is 6.42 Å². The summed E-state index contributed by atoms with van der Waals surface area (Å²) in [5, 5.41) is 0. The molecule has 0 heterocycles. The number of nitrogen functional groups attached to an aromatic ring is 1. The van der Waals surface area contributed by atoms with Crippen LogP contribution in [0.5, 0.6) is 11.5 Å². The monoisotopic (exact) mass is 195 g/mol. The molecule has 0 aliphatic carbocycles. The molecule has 0 radical (unpaired) electrons. The van der Waals surface area contributed by atoms with E-state index in [1.165, 1.54) is 7.11 Å². The van der Waals surface area contributed by atoms with Gasteiger partial charge in [-0.15, -0.1) is 0 Å². The summed E-state index contributed by atoms with van der Waals surface area (Å²) in [6.07, 6.45) is 0.317. The Morgan fingerprint density at radius 1 is 1.50 bits per heavy atom. The Hall–Kier alpha value is -1.71. The Labute approximate surface area is 82.6 Å². The third-order valence-corrected chi connectivity index (χ3v) is 1.73. The average molecular weight is 195 g/mol. The number of carbonyl (C=O) groups excluding carboxylic acids is 1. The van der Waals surface area contributed by atoms with E-state index < -0.39 is 0 Å². The second kappa shape index (κ2) is 4.50. The van der Waals surface area contributed by atoms with Gasteiger partial charge in [0.1, 0.15) is 0 Å². The van der Waals surface area contributed by atoms with Gasteiger partial charge in [-0.05, 0) is 12.1 Å². The topological polar surface area (TPSA) is 61.5 Å². The minimum atomic E-state index is -0.311. The van der Waals surface area contributed by atoms with Crippen LogP contribution in [0.4, 0.5) is 5.69 Å². The van der Waals surface area contributed by atoms with Gasteiger partial charge >= 0.3 is 5.97 Å². The Balaban J connectivity index is 2.96. The van der Waals surface area contributed by atoms with Gasteiger partial charge in [-0.1, -0.05) is 13.0 Å². The number of benzene rings is 1. The van der Waals surface area contributed by atoms with Crippen LogP contribution in [0.2, 0.25) is 0 Å². The smallest absolute Gasteiger partial charge is 0.311 e. The molecule has 2 N–H and O–H groups in total. The van der Waals surface area contributed by atoms with Crippen LogP contribution in [0.3, 0.4) is 0 Å². The van der Waals surface area contributed by atoms with Crippen molar-refractivity contribution in [2.45, 2.75) is 13.3 Å². The number of carbonyl (C=O) groups is 1. The van der Waals surface area contributed by atoms with E-state index in [0.29, 0.717) is 23.6 Å². The molecule has 1 rings (SSSR count). The molecule has 0 atom stereocenters. The fourth-order valence-electron chi connectivity index (χ4n) is 1.03. The number of esters is 1. The van der Waals surface area contributed by atoms with Crippen molar-refractivity contribution in [1.82, 2.24) is 0 Å². The summed E-state index contributed by atoms with van der Waals surface area (Å²) < 4.78 is 10.0. The summed E-state index contributed by atoms with van der Waals surface area (Å²) in [5.74, 6) is 0.447. The van der Waals surface area contributed by atoms with Crippen LogP contribution >= 0.6 is 0 Å². The molecule has 0 saturated heterocycles. The van der Waals surface area contributed by atoms with Crippen LogP contribution in [-0.4, -0.2) is 13.1 Å². The number of rotatable bonds is 3. The molecule has 1 aromatic carbocycles. The molecule has 4 heteroatoms. The molecule has 0 aliphatic heterocycles. The number of methoxy groups -OCH3 is 1. The highest BCUT2D eigenvalue weighted by Crippen LogP contribution is 2.32. The molecule has 0 bridgehead atoms. The zero-order chi connectivity index (χ0) is 10.6. The van der Waals surface area contributed by atoms with Crippen LogP contribution in [0.1, 0.15) is 13.3 Å². The van der Waals surface area contributed by atoms with Crippen LogP contribution in [-0.2, 0) is 4.79 Å². The maximum absolute atomic E-state index is 11.0. The van der Waals surface area contributed by atoms with E-state index in [2.05, 4.69) is 0 Å². The molecule has 0 fully saturated rings. The Morgan fingerprint density at radius 3 is 2.79 bits per heavy atom. The highest BCUT2D eigenvalue weighted by Gasteiger charge is 2.10. The van der Waals surface area contributed by atoms with E-state index >= 15 is 0 Å². The maximum Gasteiger partial charge on any atom is 0.311 e. The largest absolute Gasteiger partial charge is 0.491 e. The van der Waals surface area contributed by atoms with Crippen LogP contribution in [0.25, 0.3) is 0 Å². The Bertz CT molecular complexity index is 336. The summed E-state index contributed by atoms with van der Waals surface area (Å²) in [7, 11) is 1.48. The van der Waals surface area contributed by atoms with Gasteiger partial charge in [0.05, 0.1) is 12.8 Å². The first kappa shape index (κ1) is 10.4. The van der Waals surface area contributed by atoms with Crippen molar-refractivity contribution in [3.8, 4) is 11.5 Å². The molecule has 76 valence electrons. The van der Waals surface area contributed by atoms with Gasteiger partial charge in [-0.3, -0.25) is 4.79 Å². The average Bonchev–Trinajstić information content (AvgIpc) is 2.18. The van der Waals surface area contributed by atoms with Gasteiger partial charge in [0.15, 0.2) is 11.5 Å². The highest BCUT2D eigenvalue weighted by atomic mass is 16.6. The second-order valence-corrected chi connectivity index (χ2v) is 2.71. The summed E-state index contributed by atoms with van der Waals surface area (Å²) in [4.78, 5) is 11.0. The van der Waals surface area contributed by atoms with E-state index in [9.17, 15) is 4.79 Å². The lowest BCUT2D eigenvalue weighted by atomic mass is 10.3. The lowest BCUT2D eigenvalue weighted by Crippen LogP contribution is -2.07. The van der Waals surface area contributed by atoms with Gasteiger partial charge < -0.3 is 15.2 Å². The Morgan fingerprint density at radius 2 is 2.21 bits per heavy atom. The second-order valence-electron chi connectivity index (χ2n) is 2.71. The van der Waals surface area contributed by atoms with Crippen LogP contribution in [0, 0.1) is 0 Å². The lowest BCUT2D eigenvalue weighted by Gasteiger charge is -2.09. The summed E-state index contributed by atoms with van der Waals surface area (Å²) in [5.41, 5.74) is 6.09. The van der Waals surface area contributed by atoms with Crippen molar-refractivity contribution in [3.05, 3.63) is 18.2 Å².